The molecule has 0 saturated carbocycles. The second kappa shape index (κ2) is 5.95. The molecule has 0 bridgehead atoms. The normalized spacial score (nSPS) is 9.74. The third-order valence-corrected chi connectivity index (χ3v) is 3.62. The third kappa shape index (κ3) is 3.19. The standard InChI is InChI=1S/C13H7Br2N3O/c14-9-2-1-5-17-12(9)13(19)18-11-4-3-8(7-16)6-10(11)15/h1-6H,(H,18,19). The number of halogens is 2. The van der Waals surface area contributed by atoms with Gasteiger partial charge in [-0.1, -0.05) is 0 Å². The van der Waals surface area contributed by atoms with Crippen molar-refractivity contribution in [2.45, 2.75) is 0 Å². The molecule has 94 valence electrons. The van der Waals surface area contributed by atoms with E-state index in [4.69, 9.17) is 5.26 Å². The second-order valence-corrected chi connectivity index (χ2v) is 5.30. The zero-order valence-corrected chi connectivity index (χ0v) is 12.7. The molecule has 0 atom stereocenters. The van der Waals surface area contributed by atoms with Gasteiger partial charge in [0.15, 0.2) is 0 Å². The summed E-state index contributed by atoms with van der Waals surface area (Å²) in [5.41, 5.74) is 1.41. The predicted octanol–water partition coefficient (Wildman–Crippen LogP) is 3.73. The van der Waals surface area contributed by atoms with Crippen molar-refractivity contribution in [3.63, 3.8) is 0 Å². The number of carbonyl (C=O) groups is 1. The van der Waals surface area contributed by atoms with Crippen LogP contribution in [0.1, 0.15) is 16.1 Å². The highest BCUT2D eigenvalue weighted by Crippen LogP contribution is 2.24. The van der Waals surface area contributed by atoms with Gasteiger partial charge >= 0.3 is 0 Å². The first-order chi connectivity index (χ1) is 9.11. The first-order valence-corrected chi connectivity index (χ1v) is 6.82. The van der Waals surface area contributed by atoms with Crippen molar-refractivity contribution >= 4 is 43.5 Å². The van der Waals surface area contributed by atoms with Crippen LogP contribution < -0.4 is 5.32 Å². The molecule has 0 radical (unpaired) electrons. The summed E-state index contributed by atoms with van der Waals surface area (Å²) >= 11 is 6.58. The Balaban J connectivity index is 2.25. The molecule has 1 heterocycles. The quantitative estimate of drug-likeness (QED) is 0.863. The number of hydrogen-bond donors (Lipinski definition) is 1. The summed E-state index contributed by atoms with van der Waals surface area (Å²) in [5, 5.41) is 11.5. The molecule has 0 fully saturated rings. The van der Waals surface area contributed by atoms with Gasteiger partial charge in [0.25, 0.3) is 5.91 Å². The summed E-state index contributed by atoms with van der Waals surface area (Å²) in [6.45, 7) is 0. The lowest BCUT2D eigenvalue weighted by Crippen LogP contribution is -2.14. The Labute approximate surface area is 126 Å². The number of amides is 1. The summed E-state index contributed by atoms with van der Waals surface area (Å²) in [7, 11) is 0. The fourth-order valence-electron chi connectivity index (χ4n) is 1.42. The topological polar surface area (TPSA) is 65.8 Å². The molecule has 0 saturated heterocycles. The van der Waals surface area contributed by atoms with E-state index >= 15 is 0 Å². The van der Waals surface area contributed by atoms with Gasteiger partial charge in [-0.05, 0) is 62.2 Å². The number of nitrogens with one attached hydrogen (secondary N) is 1. The number of rotatable bonds is 2. The van der Waals surface area contributed by atoms with Crippen LogP contribution in [0.2, 0.25) is 0 Å². The van der Waals surface area contributed by atoms with Crippen LogP contribution in [-0.4, -0.2) is 10.9 Å². The van der Waals surface area contributed by atoms with Gasteiger partial charge in [-0.3, -0.25) is 4.79 Å². The maximum Gasteiger partial charge on any atom is 0.275 e. The molecular formula is C13H7Br2N3O. The predicted molar refractivity (Wildman–Crippen MR) is 78.7 cm³/mol. The van der Waals surface area contributed by atoms with E-state index in [-0.39, 0.29) is 5.91 Å². The lowest BCUT2D eigenvalue weighted by Gasteiger charge is -2.08. The van der Waals surface area contributed by atoms with E-state index in [1.807, 2.05) is 6.07 Å². The zero-order chi connectivity index (χ0) is 13.8. The number of nitriles is 1. The molecular weight excluding hydrogens is 374 g/mol. The summed E-state index contributed by atoms with van der Waals surface area (Å²) in [6.07, 6.45) is 1.55. The van der Waals surface area contributed by atoms with Crippen LogP contribution in [-0.2, 0) is 0 Å². The Kier molecular flexibility index (Phi) is 4.30. The van der Waals surface area contributed by atoms with Crippen LogP contribution in [0.3, 0.4) is 0 Å². The summed E-state index contributed by atoms with van der Waals surface area (Å²) in [5.74, 6) is -0.321. The fourth-order valence-corrected chi connectivity index (χ4v) is 2.33. The Morgan fingerprint density at radius 3 is 2.68 bits per heavy atom. The van der Waals surface area contributed by atoms with Crippen LogP contribution in [0, 0.1) is 11.3 Å². The van der Waals surface area contributed by atoms with Gasteiger partial charge in [0.1, 0.15) is 5.69 Å². The van der Waals surface area contributed by atoms with E-state index in [0.29, 0.717) is 25.9 Å². The van der Waals surface area contributed by atoms with Gasteiger partial charge in [0.2, 0.25) is 0 Å². The minimum Gasteiger partial charge on any atom is -0.320 e. The monoisotopic (exact) mass is 379 g/mol. The van der Waals surface area contributed by atoms with Crippen molar-refractivity contribution in [3.05, 3.63) is 56.7 Å². The smallest absolute Gasteiger partial charge is 0.275 e. The highest BCUT2D eigenvalue weighted by Gasteiger charge is 2.12. The number of anilines is 1. The minimum absolute atomic E-state index is 0.304. The molecule has 4 nitrogen and oxygen atoms in total. The molecule has 1 N–H and O–H groups in total. The second-order valence-electron chi connectivity index (χ2n) is 3.59. The SMILES string of the molecule is N#Cc1ccc(NC(=O)c2ncccc2Br)c(Br)c1. The van der Waals surface area contributed by atoms with Crippen LogP contribution >= 0.6 is 31.9 Å². The molecule has 0 aliphatic rings. The number of hydrogen-bond acceptors (Lipinski definition) is 3. The molecule has 0 aliphatic carbocycles. The molecule has 0 aliphatic heterocycles. The van der Waals surface area contributed by atoms with Crippen molar-refractivity contribution in [2.75, 3.05) is 5.32 Å². The zero-order valence-electron chi connectivity index (χ0n) is 9.52. The van der Waals surface area contributed by atoms with E-state index in [1.54, 1.807) is 36.5 Å². The first kappa shape index (κ1) is 13.7. The molecule has 0 unspecified atom stereocenters. The van der Waals surface area contributed by atoms with Crippen LogP contribution in [0.15, 0.2) is 45.5 Å². The van der Waals surface area contributed by atoms with Crippen molar-refractivity contribution in [2.24, 2.45) is 0 Å². The Morgan fingerprint density at radius 1 is 1.26 bits per heavy atom. The molecule has 1 amide bonds. The van der Waals surface area contributed by atoms with Gasteiger partial charge in [-0.2, -0.15) is 5.26 Å². The van der Waals surface area contributed by atoms with Crippen LogP contribution in [0.4, 0.5) is 5.69 Å². The van der Waals surface area contributed by atoms with Crippen molar-refractivity contribution in [1.29, 1.82) is 5.26 Å². The average Bonchev–Trinajstić information content (AvgIpc) is 2.41. The van der Waals surface area contributed by atoms with E-state index in [0.717, 1.165) is 0 Å². The van der Waals surface area contributed by atoms with Gasteiger partial charge in [0, 0.05) is 15.1 Å². The van der Waals surface area contributed by atoms with Crippen molar-refractivity contribution in [1.82, 2.24) is 4.98 Å². The average molecular weight is 381 g/mol. The van der Waals surface area contributed by atoms with Crippen LogP contribution in [0.25, 0.3) is 0 Å². The fraction of sp³-hybridized carbons (Fsp3) is 0. The lowest BCUT2D eigenvalue weighted by atomic mass is 10.2. The number of benzene rings is 1. The highest BCUT2D eigenvalue weighted by atomic mass is 79.9. The van der Waals surface area contributed by atoms with Gasteiger partial charge in [-0.25, -0.2) is 4.98 Å². The van der Waals surface area contributed by atoms with E-state index in [1.165, 1.54) is 0 Å². The molecule has 0 spiro atoms. The summed E-state index contributed by atoms with van der Waals surface area (Å²) < 4.78 is 1.27. The van der Waals surface area contributed by atoms with E-state index < -0.39 is 0 Å². The van der Waals surface area contributed by atoms with Gasteiger partial charge in [0.05, 0.1) is 17.3 Å². The van der Waals surface area contributed by atoms with Crippen molar-refractivity contribution < 1.29 is 4.79 Å². The van der Waals surface area contributed by atoms with Gasteiger partial charge < -0.3 is 5.32 Å². The molecule has 1 aromatic heterocycles. The molecule has 2 aromatic rings. The maximum atomic E-state index is 12.1. The number of pyridine rings is 1. The van der Waals surface area contributed by atoms with Crippen molar-refractivity contribution in [3.8, 4) is 6.07 Å². The Bertz CT molecular complexity index is 680. The summed E-state index contributed by atoms with van der Waals surface area (Å²) in [6, 6.07) is 10.4. The van der Waals surface area contributed by atoms with E-state index in [9.17, 15) is 4.79 Å². The summed E-state index contributed by atoms with van der Waals surface area (Å²) in [4.78, 5) is 16.1. The number of nitrogens with zero attached hydrogens (tertiary/aromatic N) is 2. The molecule has 2 rings (SSSR count). The Morgan fingerprint density at radius 2 is 2.05 bits per heavy atom. The van der Waals surface area contributed by atoms with Crippen LogP contribution in [0.5, 0.6) is 0 Å². The molecule has 1 aromatic carbocycles. The maximum absolute atomic E-state index is 12.1. The van der Waals surface area contributed by atoms with E-state index in [2.05, 4.69) is 42.2 Å². The molecule has 19 heavy (non-hydrogen) atoms. The molecule has 6 heteroatoms. The third-order valence-electron chi connectivity index (χ3n) is 2.32. The Hall–Kier alpha value is -1.71. The van der Waals surface area contributed by atoms with Gasteiger partial charge in [-0.15, -0.1) is 0 Å². The minimum atomic E-state index is -0.321. The number of carbonyl (C=O) groups excluding carboxylic acids is 1. The first-order valence-electron chi connectivity index (χ1n) is 5.23. The largest absolute Gasteiger partial charge is 0.320 e. The lowest BCUT2D eigenvalue weighted by molar-refractivity contribution is 0.102. The number of aromatic nitrogens is 1. The highest BCUT2D eigenvalue weighted by molar-refractivity contribution is 9.11.